The first-order valence-electron chi connectivity index (χ1n) is 10.5. The second-order valence-electron chi connectivity index (χ2n) is 9.82. The third kappa shape index (κ3) is 6.18. The molecule has 0 saturated heterocycles. The second-order valence-corrected chi connectivity index (χ2v) is 9.82. The molecule has 0 spiro atoms. The minimum atomic E-state index is -0.578. The lowest BCUT2D eigenvalue weighted by atomic mass is 10.1. The number of carbonyl (C=O) groups excluding carboxylic acids is 2. The van der Waals surface area contributed by atoms with E-state index in [9.17, 15) is 9.59 Å². The van der Waals surface area contributed by atoms with Crippen LogP contribution in [-0.4, -0.2) is 45.5 Å². The van der Waals surface area contributed by atoms with E-state index in [-0.39, 0.29) is 0 Å². The smallest absolute Gasteiger partial charge is 0.355 e. The van der Waals surface area contributed by atoms with Crippen molar-refractivity contribution in [2.75, 3.05) is 0 Å². The fourth-order valence-electron chi connectivity index (χ4n) is 2.93. The molecule has 32 heavy (non-hydrogen) atoms. The van der Waals surface area contributed by atoms with Gasteiger partial charge in [0.05, 0.1) is 23.8 Å². The minimum Gasteiger partial charge on any atom is -0.455 e. The Morgan fingerprint density at radius 2 is 0.969 bits per heavy atom. The molecule has 8 heteroatoms. The van der Waals surface area contributed by atoms with Crippen LogP contribution in [0.15, 0.2) is 10.2 Å². The number of hydrogen-bond acceptors (Lipinski definition) is 6. The molecule has 2 heterocycles. The topological polar surface area (TPSA) is 109 Å². The number of hydrogen-bond donors (Lipinski definition) is 2. The molecule has 0 atom stereocenters. The zero-order valence-corrected chi connectivity index (χ0v) is 20.7. The minimum absolute atomic E-state index is 0.403. The van der Waals surface area contributed by atoms with Gasteiger partial charge in [-0.15, -0.1) is 0 Å². The van der Waals surface area contributed by atoms with E-state index in [1.807, 2.05) is 69.2 Å². The molecule has 0 aliphatic carbocycles. The van der Waals surface area contributed by atoms with Crippen LogP contribution in [0.25, 0.3) is 0 Å². The van der Waals surface area contributed by atoms with Crippen LogP contribution >= 0.6 is 0 Å². The van der Waals surface area contributed by atoms with Crippen LogP contribution in [-0.2, 0) is 9.47 Å². The third-order valence-electron chi connectivity index (χ3n) is 4.85. The molecule has 2 N–H and O–H groups in total. The standard InChI is InChI=1S/C24H34N4O4/c1-13-15(3)19(21(29)31-23(5,6)7)27-17(13)11-25-26-12-18-14(2)16(4)20(28-18)22(30)32-24(8,9)10/h11-12,27-28H,1-10H3. The maximum atomic E-state index is 12.4. The predicted molar refractivity (Wildman–Crippen MR) is 126 cm³/mol. The van der Waals surface area contributed by atoms with Crippen molar-refractivity contribution in [2.24, 2.45) is 10.2 Å². The average Bonchev–Trinajstić information content (AvgIpc) is 3.07. The van der Waals surface area contributed by atoms with Gasteiger partial charge in [-0.1, -0.05) is 0 Å². The highest BCUT2D eigenvalue weighted by Crippen LogP contribution is 2.21. The van der Waals surface area contributed by atoms with Gasteiger partial charge in [-0.05, 0) is 91.5 Å². The first-order chi connectivity index (χ1) is 14.6. The van der Waals surface area contributed by atoms with Crippen LogP contribution in [0.1, 0.15) is 96.2 Å². The summed E-state index contributed by atoms with van der Waals surface area (Å²) in [6.45, 7) is 18.5. The lowest BCUT2D eigenvalue weighted by molar-refractivity contribution is 0.00503. The van der Waals surface area contributed by atoms with Crippen molar-refractivity contribution in [3.63, 3.8) is 0 Å². The Bertz CT molecular complexity index is 987. The number of rotatable bonds is 5. The summed E-state index contributed by atoms with van der Waals surface area (Å²) < 4.78 is 10.9. The largest absolute Gasteiger partial charge is 0.455 e. The number of carbonyl (C=O) groups is 2. The van der Waals surface area contributed by atoms with E-state index in [2.05, 4.69) is 20.2 Å². The monoisotopic (exact) mass is 442 g/mol. The van der Waals surface area contributed by atoms with Crippen LogP contribution in [0, 0.1) is 27.7 Å². The van der Waals surface area contributed by atoms with Gasteiger partial charge < -0.3 is 19.4 Å². The number of ether oxygens (including phenoxy) is 2. The Hall–Kier alpha value is -3.16. The Morgan fingerprint density at radius 1 is 0.656 bits per heavy atom. The van der Waals surface area contributed by atoms with Crippen molar-refractivity contribution in [1.29, 1.82) is 0 Å². The molecule has 0 bridgehead atoms. The number of nitrogens with zero attached hydrogens (tertiary/aromatic N) is 2. The summed E-state index contributed by atoms with van der Waals surface area (Å²) in [7, 11) is 0. The zero-order valence-electron chi connectivity index (χ0n) is 20.7. The summed E-state index contributed by atoms with van der Waals surface area (Å²) in [5.74, 6) is -0.818. The summed E-state index contributed by atoms with van der Waals surface area (Å²) in [4.78, 5) is 30.9. The highest BCUT2D eigenvalue weighted by atomic mass is 16.6. The lowest BCUT2D eigenvalue weighted by Gasteiger charge is -2.19. The fourth-order valence-corrected chi connectivity index (χ4v) is 2.93. The summed E-state index contributed by atoms with van der Waals surface area (Å²) in [5, 5.41) is 8.19. The van der Waals surface area contributed by atoms with Gasteiger partial charge in [0.15, 0.2) is 0 Å². The molecule has 0 amide bonds. The van der Waals surface area contributed by atoms with Crippen molar-refractivity contribution in [3.8, 4) is 0 Å². The highest BCUT2D eigenvalue weighted by Gasteiger charge is 2.23. The van der Waals surface area contributed by atoms with E-state index < -0.39 is 23.1 Å². The Labute approximate surface area is 189 Å². The van der Waals surface area contributed by atoms with Crippen LogP contribution in [0.4, 0.5) is 0 Å². The SMILES string of the molecule is Cc1c(C=NN=Cc2[nH]c(C(=O)OC(C)(C)C)c(C)c2C)[nH]c(C(=O)OC(C)(C)C)c1C. The number of aromatic nitrogens is 2. The predicted octanol–water partition coefficient (Wildman–Crippen LogP) is 4.94. The molecule has 0 radical (unpaired) electrons. The first kappa shape index (κ1) is 25.1. The van der Waals surface area contributed by atoms with Crippen molar-refractivity contribution < 1.29 is 19.1 Å². The van der Waals surface area contributed by atoms with Gasteiger partial charge in [0, 0.05) is 0 Å². The van der Waals surface area contributed by atoms with Crippen LogP contribution in [0.3, 0.4) is 0 Å². The second kappa shape index (κ2) is 9.14. The lowest BCUT2D eigenvalue weighted by Crippen LogP contribution is -2.24. The summed E-state index contributed by atoms with van der Waals surface area (Å²) >= 11 is 0. The van der Waals surface area contributed by atoms with Crippen molar-refractivity contribution in [2.45, 2.75) is 80.4 Å². The number of aromatic amines is 2. The summed E-state index contributed by atoms with van der Waals surface area (Å²) in [6.07, 6.45) is 3.10. The van der Waals surface area contributed by atoms with Crippen LogP contribution < -0.4 is 0 Å². The van der Waals surface area contributed by atoms with Gasteiger partial charge in [-0.3, -0.25) is 0 Å². The maximum Gasteiger partial charge on any atom is 0.355 e. The maximum absolute atomic E-state index is 12.4. The average molecular weight is 443 g/mol. The molecule has 0 aliphatic rings. The van der Waals surface area contributed by atoms with E-state index in [0.29, 0.717) is 22.8 Å². The van der Waals surface area contributed by atoms with Gasteiger partial charge in [0.2, 0.25) is 0 Å². The Kier molecular flexibility index (Phi) is 7.17. The highest BCUT2D eigenvalue weighted by molar-refractivity contribution is 5.94. The number of esters is 2. The van der Waals surface area contributed by atoms with Crippen molar-refractivity contribution in [1.82, 2.24) is 9.97 Å². The van der Waals surface area contributed by atoms with E-state index in [0.717, 1.165) is 22.3 Å². The summed E-state index contributed by atoms with van der Waals surface area (Å²) in [6, 6.07) is 0. The van der Waals surface area contributed by atoms with Crippen LogP contribution in [0.2, 0.25) is 0 Å². The van der Waals surface area contributed by atoms with Gasteiger partial charge in [0.1, 0.15) is 22.6 Å². The molecule has 0 aromatic carbocycles. The number of nitrogens with one attached hydrogen (secondary N) is 2. The molecular formula is C24H34N4O4. The van der Waals surface area contributed by atoms with Crippen molar-refractivity contribution in [3.05, 3.63) is 45.0 Å². The quantitative estimate of drug-likeness (QED) is 0.388. The van der Waals surface area contributed by atoms with E-state index in [4.69, 9.17) is 9.47 Å². The molecule has 2 aromatic rings. The Balaban J connectivity index is 2.20. The molecule has 8 nitrogen and oxygen atoms in total. The number of H-pyrrole nitrogens is 2. The first-order valence-corrected chi connectivity index (χ1v) is 10.5. The van der Waals surface area contributed by atoms with E-state index in [1.54, 1.807) is 12.4 Å². The Morgan fingerprint density at radius 3 is 1.25 bits per heavy atom. The van der Waals surface area contributed by atoms with Gasteiger partial charge in [-0.2, -0.15) is 10.2 Å². The van der Waals surface area contributed by atoms with E-state index >= 15 is 0 Å². The molecular weight excluding hydrogens is 408 g/mol. The zero-order chi connectivity index (χ0) is 24.4. The molecule has 174 valence electrons. The summed E-state index contributed by atoms with van der Waals surface area (Å²) in [5.41, 5.74) is 4.40. The molecule has 0 fully saturated rings. The fraction of sp³-hybridized carbons (Fsp3) is 0.500. The van der Waals surface area contributed by atoms with Gasteiger partial charge in [0.25, 0.3) is 0 Å². The molecule has 0 saturated carbocycles. The van der Waals surface area contributed by atoms with E-state index in [1.165, 1.54) is 0 Å². The molecule has 2 aromatic heterocycles. The normalized spacial score (nSPS) is 12.7. The van der Waals surface area contributed by atoms with Crippen LogP contribution in [0.5, 0.6) is 0 Å². The van der Waals surface area contributed by atoms with Gasteiger partial charge >= 0.3 is 11.9 Å². The molecule has 2 rings (SSSR count). The van der Waals surface area contributed by atoms with Gasteiger partial charge in [-0.25, -0.2) is 9.59 Å². The third-order valence-corrected chi connectivity index (χ3v) is 4.85. The molecule has 0 unspecified atom stereocenters. The van der Waals surface area contributed by atoms with Crippen molar-refractivity contribution >= 4 is 24.4 Å². The molecule has 0 aliphatic heterocycles.